The highest BCUT2D eigenvalue weighted by Gasteiger charge is 2.24. The third kappa shape index (κ3) is 5.74. The summed E-state index contributed by atoms with van der Waals surface area (Å²) in [6.45, 7) is 7.22. The quantitative estimate of drug-likeness (QED) is 0.774. The summed E-state index contributed by atoms with van der Waals surface area (Å²) < 4.78 is 4.95. The molecule has 1 fully saturated rings. The van der Waals surface area contributed by atoms with E-state index < -0.39 is 5.97 Å². The van der Waals surface area contributed by atoms with Gasteiger partial charge in [0.25, 0.3) is 0 Å². The highest BCUT2D eigenvalue weighted by Crippen LogP contribution is 2.15. The molecule has 0 spiro atoms. The van der Waals surface area contributed by atoms with Crippen molar-refractivity contribution in [1.82, 2.24) is 4.90 Å². The fraction of sp³-hybridized carbons (Fsp3) is 0.909. The van der Waals surface area contributed by atoms with Crippen LogP contribution in [0.4, 0.5) is 0 Å². The number of rotatable bonds is 4. The third-order valence-electron chi connectivity index (χ3n) is 2.47. The first-order chi connectivity index (χ1) is 7.24. The number of carbonyl (C=O) groups is 1. The van der Waals surface area contributed by atoms with Crippen LogP contribution in [0, 0.1) is 5.92 Å². The summed E-state index contributed by atoms with van der Waals surface area (Å²) in [7, 11) is 1.67. The average Bonchev–Trinajstić information content (AvgIpc) is 2.29. The third-order valence-corrected chi connectivity index (χ3v) is 2.47. The van der Waals surface area contributed by atoms with Gasteiger partial charge in [0.15, 0.2) is 0 Å². The Balaban J connectivity index is 0.000000921. The van der Waals surface area contributed by atoms with E-state index in [4.69, 9.17) is 9.84 Å². The molecule has 15 heavy (non-hydrogen) atoms. The molecule has 0 bridgehead atoms. The molecule has 1 unspecified atom stereocenters. The summed E-state index contributed by atoms with van der Waals surface area (Å²) in [6, 6.07) is 0. The molecular formula is C11H23NO3. The normalized spacial score (nSPS) is 21.7. The molecule has 0 saturated carbocycles. The van der Waals surface area contributed by atoms with Gasteiger partial charge in [0.1, 0.15) is 0 Å². The first kappa shape index (κ1) is 14.4. The van der Waals surface area contributed by atoms with Gasteiger partial charge in [0, 0.05) is 20.2 Å². The average molecular weight is 217 g/mol. The van der Waals surface area contributed by atoms with Crippen LogP contribution in [-0.2, 0) is 9.53 Å². The molecular weight excluding hydrogens is 194 g/mol. The van der Waals surface area contributed by atoms with E-state index in [2.05, 4.69) is 4.90 Å². The van der Waals surface area contributed by atoms with Gasteiger partial charge in [-0.25, -0.2) is 0 Å². The summed E-state index contributed by atoms with van der Waals surface area (Å²) in [6.07, 6.45) is 1.81. The minimum Gasteiger partial charge on any atom is -0.481 e. The molecule has 0 amide bonds. The number of methoxy groups -OCH3 is 1. The van der Waals surface area contributed by atoms with Crippen molar-refractivity contribution >= 4 is 5.97 Å². The number of aliphatic carboxylic acids is 1. The maximum Gasteiger partial charge on any atom is 0.307 e. The van der Waals surface area contributed by atoms with Gasteiger partial charge in [-0.1, -0.05) is 13.8 Å². The van der Waals surface area contributed by atoms with Crippen molar-refractivity contribution < 1.29 is 14.6 Å². The predicted octanol–water partition coefficient (Wildman–Crippen LogP) is 1.46. The lowest BCUT2D eigenvalue weighted by atomic mass is 9.98. The summed E-state index contributed by atoms with van der Waals surface area (Å²) in [4.78, 5) is 12.9. The first-order valence-corrected chi connectivity index (χ1v) is 5.68. The first-order valence-electron chi connectivity index (χ1n) is 5.68. The molecule has 1 rings (SSSR count). The van der Waals surface area contributed by atoms with E-state index >= 15 is 0 Å². The standard InChI is InChI=1S/C9H17NO3.C2H6/c1-13-6-5-10-4-2-3-8(7-10)9(11)12;1-2/h8H,2-7H2,1H3,(H,11,12);1-2H3. The Kier molecular flexibility index (Phi) is 8.33. The van der Waals surface area contributed by atoms with Crippen LogP contribution in [0.1, 0.15) is 26.7 Å². The SMILES string of the molecule is CC.COCCN1CCCC(C(=O)O)C1. The van der Waals surface area contributed by atoms with E-state index in [1.165, 1.54) is 0 Å². The Morgan fingerprint density at radius 3 is 2.73 bits per heavy atom. The highest BCUT2D eigenvalue weighted by molar-refractivity contribution is 5.70. The van der Waals surface area contributed by atoms with Crippen molar-refractivity contribution in [2.24, 2.45) is 5.92 Å². The van der Waals surface area contributed by atoms with Crippen LogP contribution >= 0.6 is 0 Å². The Bertz CT molecular complexity index is 173. The fourth-order valence-corrected chi connectivity index (χ4v) is 1.68. The lowest BCUT2D eigenvalue weighted by Gasteiger charge is -2.30. The number of hydrogen-bond donors (Lipinski definition) is 1. The second kappa shape index (κ2) is 8.68. The Morgan fingerprint density at radius 1 is 1.53 bits per heavy atom. The molecule has 1 atom stereocenters. The monoisotopic (exact) mass is 217 g/mol. The van der Waals surface area contributed by atoms with Gasteiger partial charge in [-0.2, -0.15) is 0 Å². The highest BCUT2D eigenvalue weighted by atomic mass is 16.5. The van der Waals surface area contributed by atoms with Crippen molar-refractivity contribution in [3.8, 4) is 0 Å². The van der Waals surface area contributed by atoms with E-state index in [-0.39, 0.29) is 5.92 Å². The van der Waals surface area contributed by atoms with Gasteiger partial charge < -0.3 is 14.7 Å². The number of piperidine rings is 1. The van der Waals surface area contributed by atoms with Crippen LogP contribution < -0.4 is 0 Å². The van der Waals surface area contributed by atoms with Crippen LogP contribution in [0.2, 0.25) is 0 Å². The van der Waals surface area contributed by atoms with Gasteiger partial charge in [0.05, 0.1) is 12.5 Å². The van der Waals surface area contributed by atoms with Gasteiger partial charge >= 0.3 is 5.97 Å². The van der Waals surface area contributed by atoms with E-state index in [0.717, 1.165) is 25.9 Å². The molecule has 0 aromatic carbocycles. The molecule has 90 valence electrons. The molecule has 1 aliphatic heterocycles. The van der Waals surface area contributed by atoms with Crippen molar-refractivity contribution in [3.63, 3.8) is 0 Å². The molecule has 0 radical (unpaired) electrons. The smallest absolute Gasteiger partial charge is 0.307 e. The van der Waals surface area contributed by atoms with Crippen LogP contribution in [-0.4, -0.2) is 49.3 Å². The fourth-order valence-electron chi connectivity index (χ4n) is 1.68. The number of carboxylic acid groups (broad SMARTS) is 1. The van der Waals surface area contributed by atoms with Crippen molar-refractivity contribution in [1.29, 1.82) is 0 Å². The Hall–Kier alpha value is -0.610. The molecule has 4 nitrogen and oxygen atoms in total. The zero-order chi connectivity index (χ0) is 11.7. The predicted molar refractivity (Wildman–Crippen MR) is 60.0 cm³/mol. The zero-order valence-corrected chi connectivity index (χ0v) is 10.0. The molecule has 1 aliphatic rings. The summed E-state index contributed by atoms with van der Waals surface area (Å²) in [5, 5.41) is 8.82. The Labute approximate surface area is 92.2 Å². The second-order valence-electron chi connectivity index (χ2n) is 3.47. The molecule has 1 N–H and O–H groups in total. The van der Waals surface area contributed by atoms with Crippen LogP contribution in [0.3, 0.4) is 0 Å². The van der Waals surface area contributed by atoms with Gasteiger partial charge in [-0.3, -0.25) is 4.79 Å². The number of carboxylic acids is 1. The molecule has 1 saturated heterocycles. The maximum absolute atomic E-state index is 10.7. The van der Waals surface area contributed by atoms with Gasteiger partial charge in [-0.05, 0) is 19.4 Å². The van der Waals surface area contributed by atoms with E-state index in [1.807, 2.05) is 13.8 Å². The lowest BCUT2D eigenvalue weighted by molar-refractivity contribution is -0.143. The molecule has 4 heteroatoms. The number of likely N-dealkylation sites (tertiary alicyclic amines) is 1. The minimum atomic E-state index is -0.665. The molecule has 0 aliphatic carbocycles. The zero-order valence-electron chi connectivity index (χ0n) is 10.0. The summed E-state index contributed by atoms with van der Waals surface area (Å²) in [5.74, 6) is -0.840. The molecule has 0 aromatic heterocycles. The van der Waals surface area contributed by atoms with Crippen LogP contribution in [0.5, 0.6) is 0 Å². The number of nitrogens with zero attached hydrogens (tertiary/aromatic N) is 1. The summed E-state index contributed by atoms with van der Waals surface area (Å²) in [5.41, 5.74) is 0. The lowest BCUT2D eigenvalue weighted by Crippen LogP contribution is -2.40. The maximum atomic E-state index is 10.7. The number of ether oxygens (including phenoxy) is 1. The minimum absolute atomic E-state index is 0.175. The molecule has 1 heterocycles. The van der Waals surface area contributed by atoms with Crippen molar-refractivity contribution in [2.75, 3.05) is 33.4 Å². The topological polar surface area (TPSA) is 49.8 Å². The largest absolute Gasteiger partial charge is 0.481 e. The van der Waals surface area contributed by atoms with Crippen LogP contribution in [0.25, 0.3) is 0 Å². The van der Waals surface area contributed by atoms with E-state index in [1.54, 1.807) is 7.11 Å². The van der Waals surface area contributed by atoms with Crippen molar-refractivity contribution in [2.45, 2.75) is 26.7 Å². The number of hydrogen-bond acceptors (Lipinski definition) is 3. The molecule has 0 aromatic rings. The Morgan fingerprint density at radius 2 is 2.20 bits per heavy atom. The van der Waals surface area contributed by atoms with Gasteiger partial charge in [-0.15, -0.1) is 0 Å². The van der Waals surface area contributed by atoms with Crippen molar-refractivity contribution in [3.05, 3.63) is 0 Å². The van der Waals surface area contributed by atoms with Gasteiger partial charge in [0.2, 0.25) is 0 Å². The summed E-state index contributed by atoms with van der Waals surface area (Å²) >= 11 is 0. The second-order valence-corrected chi connectivity index (χ2v) is 3.47. The van der Waals surface area contributed by atoms with E-state index in [9.17, 15) is 4.79 Å². The van der Waals surface area contributed by atoms with E-state index in [0.29, 0.717) is 13.2 Å². The van der Waals surface area contributed by atoms with Crippen LogP contribution in [0.15, 0.2) is 0 Å².